The first kappa shape index (κ1) is 16.1. The lowest BCUT2D eigenvalue weighted by atomic mass is 10.2. The summed E-state index contributed by atoms with van der Waals surface area (Å²) in [6, 6.07) is 3.46. The van der Waals surface area contributed by atoms with E-state index in [9.17, 15) is 0 Å². The lowest BCUT2D eigenvalue weighted by Gasteiger charge is -2.29. The van der Waals surface area contributed by atoms with Crippen LogP contribution in [-0.4, -0.2) is 36.1 Å². The number of thioether (sulfide) groups is 1. The van der Waals surface area contributed by atoms with E-state index in [-0.39, 0.29) is 0 Å². The van der Waals surface area contributed by atoms with Gasteiger partial charge in [0.25, 0.3) is 0 Å². The standard InChI is InChI=1S/C15H24BrN3S/c1-4-14(10-20-3)19(2)15-11(7-12(16)9-18-15)8-17-13-5-6-13/h7,9,13-14,17H,4-6,8,10H2,1-3H3. The van der Waals surface area contributed by atoms with Crippen molar-refractivity contribution in [3.8, 4) is 0 Å². The van der Waals surface area contributed by atoms with Gasteiger partial charge >= 0.3 is 0 Å². The summed E-state index contributed by atoms with van der Waals surface area (Å²) in [6.45, 7) is 3.16. The second-order valence-electron chi connectivity index (χ2n) is 5.42. The molecule has 3 nitrogen and oxygen atoms in total. The molecule has 112 valence electrons. The number of halogens is 1. The lowest BCUT2D eigenvalue weighted by Crippen LogP contribution is -2.35. The van der Waals surface area contributed by atoms with E-state index in [1.165, 1.54) is 18.4 Å². The molecule has 2 rings (SSSR count). The molecule has 1 aromatic heterocycles. The third-order valence-corrected chi connectivity index (χ3v) is 4.93. The summed E-state index contributed by atoms with van der Waals surface area (Å²) in [5.41, 5.74) is 1.29. The largest absolute Gasteiger partial charge is 0.356 e. The minimum absolute atomic E-state index is 0.540. The minimum Gasteiger partial charge on any atom is -0.356 e. The Balaban J connectivity index is 2.14. The van der Waals surface area contributed by atoms with E-state index >= 15 is 0 Å². The van der Waals surface area contributed by atoms with Gasteiger partial charge in [-0.25, -0.2) is 4.98 Å². The van der Waals surface area contributed by atoms with Gasteiger partial charge in [-0.05, 0) is 47.5 Å². The van der Waals surface area contributed by atoms with Crippen molar-refractivity contribution in [3.05, 3.63) is 22.3 Å². The minimum atomic E-state index is 0.540. The topological polar surface area (TPSA) is 28.2 Å². The van der Waals surface area contributed by atoms with Crippen LogP contribution in [0.5, 0.6) is 0 Å². The molecule has 1 fully saturated rings. The molecule has 0 radical (unpaired) electrons. The summed E-state index contributed by atoms with van der Waals surface area (Å²) in [4.78, 5) is 7.00. The number of nitrogens with one attached hydrogen (secondary N) is 1. The Hall–Kier alpha value is -0.260. The van der Waals surface area contributed by atoms with E-state index in [2.05, 4.69) is 57.4 Å². The zero-order valence-electron chi connectivity index (χ0n) is 12.5. The van der Waals surface area contributed by atoms with Gasteiger partial charge in [0.1, 0.15) is 5.82 Å². The van der Waals surface area contributed by atoms with Gasteiger partial charge < -0.3 is 10.2 Å². The average Bonchev–Trinajstić information content (AvgIpc) is 3.26. The molecular weight excluding hydrogens is 334 g/mol. The predicted octanol–water partition coefficient (Wildman–Crippen LogP) is 3.67. The molecule has 20 heavy (non-hydrogen) atoms. The first-order valence-corrected chi connectivity index (χ1v) is 9.44. The van der Waals surface area contributed by atoms with E-state index in [4.69, 9.17) is 0 Å². The van der Waals surface area contributed by atoms with Crippen molar-refractivity contribution in [2.24, 2.45) is 0 Å². The Bertz CT molecular complexity index is 437. The molecule has 1 aliphatic carbocycles. The number of aromatic nitrogens is 1. The maximum absolute atomic E-state index is 4.66. The van der Waals surface area contributed by atoms with Crippen LogP contribution in [0.2, 0.25) is 0 Å². The Morgan fingerprint density at radius 2 is 2.30 bits per heavy atom. The monoisotopic (exact) mass is 357 g/mol. The second-order valence-corrected chi connectivity index (χ2v) is 7.25. The Morgan fingerprint density at radius 1 is 1.55 bits per heavy atom. The molecule has 1 heterocycles. The molecule has 0 bridgehead atoms. The fourth-order valence-corrected chi connectivity index (χ4v) is 3.56. The highest BCUT2D eigenvalue weighted by molar-refractivity contribution is 9.10. The van der Waals surface area contributed by atoms with Crippen LogP contribution in [0, 0.1) is 0 Å². The fourth-order valence-electron chi connectivity index (χ4n) is 2.33. The fraction of sp³-hybridized carbons (Fsp3) is 0.667. The highest BCUT2D eigenvalue weighted by Crippen LogP contribution is 2.26. The molecule has 1 atom stereocenters. The molecule has 1 aliphatic rings. The molecule has 1 saturated carbocycles. The molecule has 0 spiro atoms. The number of anilines is 1. The smallest absolute Gasteiger partial charge is 0.133 e. The zero-order valence-corrected chi connectivity index (χ0v) is 14.9. The summed E-state index contributed by atoms with van der Waals surface area (Å²) in [7, 11) is 2.17. The van der Waals surface area contributed by atoms with Gasteiger partial charge in [0, 0.05) is 47.7 Å². The molecular formula is C15H24BrN3S. The van der Waals surface area contributed by atoms with Crippen LogP contribution in [-0.2, 0) is 6.54 Å². The maximum atomic E-state index is 4.66. The normalized spacial score (nSPS) is 16.2. The van der Waals surface area contributed by atoms with Gasteiger partial charge in [-0.3, -0.25) is 0 Å². The summed E-state index contributed by atoms with van der Waals surface area (Å²) in [6.07, 6.45) is 7.84. The highest BCUT2D eigenvalue weighted by atomic mass is 79.9. The van der Waals surface area contributed by atoms with Crippen LogP contribution < -0.4 is 10.2 Å². The number of hydrogen-bond donors (Lipinski definition) is 1. The van der Waals surface area contributed by atoms with Crippen molar-refractivity contribution >= 4 is 33.5 Å². The lowest BCUT2D eigenvalue weighted by molar-refractivity contribution is 0.647. The molecule has 0 aliphatic heterocycles. The third-order valence-electron chi connectivity index (χ3n) is 3.78. The SMILES string of the molecule is CCC(CSC)N(C)c1ncc(Br)cc1CNC1CC1. The summed E-state index contributed by atoms with van der Waals surface area (Å²) >= 11 is 5.44. The van der Waals surface area contributed by atoms with Crippen molar-refractivity contribution < 1.29 is 0 Å². The van der Waals surface area contributed by atoms with Crippen LogP contribution in [0.25, 0.3) is 0 Å². The molecule has 1 aromatic rings. The van der Waals surface area contributed by atoms with E-state index in [1.807, 2.05) is 18.0 Å². The predicted molar refractivity (Wildman–Crippen MR) is 92.7 cm³/mol. The molecule has 0 saturated heterocycles. The van der Waals surface area contributed by atoms with Gasteiger partial charge in [0.15, 0.2) is 0 Å². The van der Waals surface area contributed by atoms with E-state index < -0.39 is 0 Å². The molecule has 0 amide bonds. The zero-order chi connectivity index (χ0) is 14.5. The molecule has 0 aromatic carbocycles. The van der Waals surface area contributed by atoms with Gasteiger partial charge in [-0.15, -0.1) is 0 Å². The number of rotatable bonds is 8. The van der Waals surface area contributed by atoms with Crippen LogP contribution in [0.15, 0.2) is 16.7 Å². The van der Waals surface area contributed by atoms with E-state index in [0.29, 0.717) is 6.04 Å². The highest BCUT2D eigenvalue weighted by Gasteiger charge is 2.22. The summed E-state index contributed by atoms with van der Waals surface area (Å²) in [5, 5.41) is 3.59. The van der Waals surface area contributed by atoms with E-state index in [1.54, 1.807) is 0 Å². The van der Waals surface area contributed by atoms with Crippen LogP contribution in [0.3, 0.4) is 0 Å². The van der Waals surface area contributed by atoms with Crippen molar-refractivity contribution in [3.63, 3.8) is 0 Å². The molecule has 1 unspecified atom stereocenters. The third kappa shape index (κ3) is 4.37. The number of nitrogens with zero attached hydrogens (tertiary/aromatic N) is 2. The second kappa shape index (κ2) is 7.66. The first-order valence-electron chi connectivity index (χ1n) is 7.25. The Labute approximate surface area is 135 Å². The van der Waals surface area contributed by atoms with Crippen LogP contribution in [0.4, 0.5) is 5.82 Å². The van der Waals surface area contributed by atoms with Crippen LogP contribution in [0.1, 0.15) is 31.7 Å². The van der Waals surface area contributed by atoms with Gasteiger partial charge in [0.05, 0.1) is 0 Å². The van der Waals surface area contributed by atoms with Gasteiger partial charge in [0.2, 0.25) is 0 Å². The van der Waals surface area contributed by atoms with Crippen molar-refractivity contribution in [2.45, 2.75) is 44.8 Å². The maximum Gasteiger partial charge on any atom is 0.133 e. The Kier molecular flexibility index (Phi) is 6.18. The van der Waals surface area contributed by atoms with Crippen molar-refractivity contribution in [2.75, 3.05) is 24.0 Å². The summed E-state index contributed by atoms with van der Waals surface area (Å²) in [5.74, 6) is 2.25. The quantitative estimate of drug-likeness (QED) is 0.768. The van der Waals surface area contributed by atoms with Crippen molar-refractivity contribution in [1.29, 1.82) is 0 Å². The molecule has 1 N–H and O–H groups in total. The summed E-state index contributed by atoms with van der Waals surface area (Å²) < 4.78 is 1.06. The first-order chi connectivity index (χ1) is 9.65. The number of hydrogen-bond acceptors (Lipinski definition) is 4. The average molecular weight is 358 g/mol. The Morgan fingerprint density at radius 3 is 2.90 bits per heavy atom. The van der Waals surface area contributed by atoms with E-state index in [0.717, 1.165) is 35.1 Å². The number of pyridine rings is 1. The van der Waals surface area contributed by atoms with Crippen molar-refractivity contribution in [1.82, 2.24) is 10.3 Å². The van der Waals surface area contributed by atoms with Gasteiger partial charge in [-0.2, -0.15) is 11.8 Å². The van der Waals surface area contributed by atoms with Gasteiger partial charge in [-0.1, -0.05) is 6.92 Å². The van der Waals surface area contributed by atoms with Crippen LogP contribution >= 0.6 is 27.7 Å². The molecule has 5 heteroatoms.